The average molecular weight is 374 g/mol. The minimum absolute atomic E-state index is 0.472. The number of tetrazole rings is 1. The van der Waals surface area contributed by atoms with Crippen LogP contribution in [0.5, 0.6) is 0 Å². The van der Waals surface area contributed by atoms with Crippen LogP contribution in [-0.4, -0.2) is 41.9 Å². The van der Waals surface area contributed by atoms with Gasteiger partial charge < -0.3 is 9.84 Å². The van der Waals surface area contributed by atoms with Gasteiger partial charge in [0.1, 0.15) is 0 Å². The zero-order valence-electron chi connectivity index (χ0n) is 15.5. The number of hydrogen-bond donors (Lipinski definition) is 1. The molecule has 3 aromatic heterocycles. The van der Waals surface area contributed by atoms with Crippen molar-refractivity contribution in [3.05, 3.63) is 47.3 Å². The highest BCUT2D eigenvalue weighted by Gasteiger charge is 2.21. The lowest BCUT2D eigenvalue weighted by atomic mass is 9.95. The topological polar surface area (TPSA) is 107 Å². The number of aromatic nitrogens is 7. The van der Waals surface area contributed by atoms with Gasteiger partial charge >= 0.3 is 0 Å². The van der Waals surface area contributed by atoms with E-state index in [1.165, 1.54) is 15.9 Å². The van der Waals surface area contributed by atoms with Crippen LogP contribution < -0.4 is 5.32 Å². The van der Waals surface area contributed by atoms with Crippen LogP contribution in [0, 0.1) is 6.92 Å². The summed E-state index contributed by atoms with van der Waals surface area (Å²) in [7, 11) is 1.74. The highest BCUT2D eigenvalue weighted by molar-refractivity contribution is 5.68. The first-order valence-electron chi connectivity index (χ1n) is 9.06. The van der Waals surface area contributed by atoms with Crippen LogP contribution in [0.4, 0.5) is 0 Å². The van der Waals surface area contributed by atoms with Crippen LogP contribution in [0.25, 0.3) is 34.2 Å². The number of benzene rings is 1. The van der Waals surface area contributed by atoms with Crippen LogP contribution >= 0.6 is 0 Å². The molecule has 140 valence electrons. The van der Waals surface area contributed by atoms with Crippen LogP contribution in [-0.2, 0) is 20.0 Å². The van der Waals surface area contributed by atoms with Crippen molar-refractivity contribution in [3.63, 3.8) is 0 Å². The van der Waals surface area contributed by atoms with Crippen LogP contribution in [0.3, 0.4) is 0 Å². The summed E-state index contributed by atoms with van der Waals surface area (Å²) in [4.78, 5) is 10.6. The summed E-state index contributed by atoms with van der Waals surface area (Å²) < 4.78 is 5.55. The van der Waals surface area contributed by atoms with Crippen molar-refractivity contribution in [2.45, 2.75) is 19.9 Å². The highest BCUT2D eigenvalue weighted by atomic mass is 16.5. The molecule has 9 heteroatoms. The van der Waals surface area contributed by atoms with Gasteiger partial charge in [-0.05, 0) is 48.4 Å². The van der Waals surface area contributed by atoms with Gasteiger partial charge in [0.25, 0.3) is 5.89 Å². The Morgan fingerprint density at radius 3 is 2.71 bits per heavy atom. The van der Waals surface area contributed by atoms with Gasteiger partial charge in [-0.25, -0.2) is 0 Å². The molecule has 0 unspecified atom stereocenters. The fourth-order valence-electron chi connectivity index (χ4n) is 3.47. The zero-order valence-corrected chi connectivity index (χ0v) is 15.5. The first-order chi connectivity index (χ1) is 13.7. The third kappa shape index (κ3) is 2.85. The Morgan fingerprint density at radius 1 is 1.11 bits per heavy atom. The van der Waals surface area contributed by atoms with Gasteiger partial charge in [0.2, 0.25) is 11.6 Å². The molecule has 0 saturated heterocycles. The number of pyridine rings is 1. The Morgan fingerprint density at radius 2 is 1.93 bits per heavy atom. The molecule has 5 rings (SSSR count). The second-order valence-corrected chi connectivity index (χ2v) is 6.75. The van der Waals surface area contributed by atoms with Crippen molar-refractivity contribution in [2.24, 2.45) is 7.05 Å². The van der Waals surface area contributed by atoms with E-state index in [4.69, 9.17) is 4.52 Å². The number of nitrogens with zero attached hydrogens (tertiary/aromatic N) is 7. The molecular weight excluding hydrogens is 356 g/mol. The Labute approximate surface area is 160 Å². The molecule has 4 aromatic rings. The molecule has 0 amide bonds. The van der Waals surface area contributed by atoms with Gasteiger partial charge in [-0.1, -0.05) is 17.3 Å². The monoisotopic (exact) mass is 374 g/mol. The predicted molar refractivity (Wildman–Crippen MR) is 101 cm³/mol. The molecule has 0 spiro atoms. The Bertz CT molecular complexity index is 1150. The maximum atomic E-state index is 5.55. The lowest BCUT2D eigenvalue weighted by molar-refractivity contribution is 0.432. The van der Waals surface area contributed by atoms with E-state index in [9.17, 15) is 0 Å². The standard InChI is InChI=1S/C19H18N8O/c1-11-16(15-7-8-20-9-14(15)10-21-11)18-22-19(28-25-18)13-5-3-12(4-6-13)17-23-26-27(2)24-17/h3-6,10,20H,7-9H2,1-2H3. The van der Waals surface area contributed by atoms with E-state index in [1.54, 1.807) is 7.05 Å². The second-order valence-electron chi connectivity index (χ2n) is 6.75. The SMILES string of the molecule is Cc1ncc2c(c1-c1noc(-c3ccc(-c4nnn(C)n4)cc3)n1)CCNC2. The summed E-state index contributed by atoms with van der Waals surface area (Å²) in [5, 5.41) is 19.7. The molecule has 0 bridgehead atoms. The number of hydrogen-bond acceptors (Lipinski definition) is 8. The van der Waals surface area contributed by atoms with Crippen molar-refractivity contribution < 1.29 is 4.52 Å². The minimum atomic E-state index is 0.472. The summed E-state index contributed by atoms with van der Waals surface area (Å²) in [6.07, 6.45) is 2.86. The van der Waals surface area contributed by atoms with Gasteiger partial charge in [-0.2, -0.15) is 9.78 Å². The fraction of sp³-hybridized carbons (Fsp3) is 0.263. The maximum absolute atomic E-state index is 5.55. The molecule has 28 heavy (non-hydrogen) atoms. The molecular formula is C19H18N8O. The van der Waals surface area contributed by atoms with Gasteiger partial charge in [-0.3, -0.25) is 4.98 Å². The molecule has 0 fully saturated rings. The predicted octanol–water partition coefficient (Wildman–Crippen LogP) is 1.94. The van der Waals surface area contributed by atoms with E-state index in [-0.39, 0.29) is 0 Å². The van der Waals surface area contributed by atoms with Crippen LogP contribution in [0.1, 0.15) is 16.8 Å². The van der Waals surface area contributed by atoms with Crippen LogP contribution in [0.2, 0.25) is 0 Å². The van der Waals surface area contributed by atoms with Crippen molar-refractivity contribution in [2.75, 3.05) is 6.54 Å². The van der Waals surface area contributed by atoms with Gasteiger partial charge in [0.05, 0.1) is 7.05 Å². The maximum Gasteiger partial charge on any atom is 0.258 e. The Balaban J connectivity index is 1.49. The first kappa shape index (κ1) is 16.7. The second kappa shape index (κ2) is 6.61. The summed E-state index contributed by atoms with van der Waals surface area (Å²) >= 11 is 0. The van der Waals surface area contributed by atoms with Crippen LogP contribution in [0.15, 0.2) is 35.0 Å². The van der Waals surface area contributed by atoms with E-state index in [2.05, 4.69) is 35.9 Å². The fourth-order valence-corrected chi connectivity index (χ4v) is 3.47. The number of aryl methyl sites for hydroxylation is 2. The molecule has 1 N–H and O–H groups in total. The summed E-state index contributed by atoms with van der Waals surface area (Å²) in [5.41, 5.74) is 6.05. The summed E-state index contributed by atoms with van der Waals surface area (Å²) in [5.74, 6) is 1.63. The molecule has 1 aliphatic heterocycles. The minimum Gasteiger partial charge on any atom is -0.334 e. The Hall–Kier alpha value is -3.46. The van der Waals surface area contributed by atoms with Crippen molar-refractivity contribution in [3.8, 4) is 34.2 Å². The number of rotatable bonds is 3. The molecule has 0 radical (unpaired) electrons. The van der Waals surface area contributed by atoms with E-state index >= 15 is 0 Å². The number of nitrogens with one attached hydrogen (secondary N) is 1. The van der Waals surface area contributed by atoms with E-state index in [0.717, 1.165) is 41.9 Å². The zero-order chi connectivity index (χ0) is 19.1. The van der Waals surface area contributed by atoms with Crippen molar-refractivity contribution >= 4 is 0 Å². The van der Waals surface area contributed by atoms with Crippen molar-refractivity contribution in [1.82, 2.24) is 40.6 Å². The molecule has 0 saturated carbocycles. The normalized spacial score (nSPS) is 13.5. The molecule has 9 nitrogen and oxygen atoms in total. The van der Waals surface area contributed by atoms with Gasteiger partial charge in [0, 0.05) is 35.1 Å². The molecule has 1 aromatic carbocycles. The smallest absolute Gasteiger partial charge is 0.258 e. The molecule has 1 aliphatic rings. The van der Waals surface area contributed by atoms with E-state index in [1.807, 2.05) is 37.4 Å². The van der Waals surface area contributed by atoms with Gasteiger partial charge in [0.15, 0.2) is 0 Å². The van der Waals surface area contributed by atoms with E-state index < -0.39 is 0 Å². The van der Waals surface area contributed by atoms with E-state index in [0.29, 0.717) is 17.5 Å². The molecule has 4 heterocycles. The summed E-state index contributed by atoms with van der Waals surface area (Å²) in [6, 6.07) is 7.66. The third-order valence-corrected chi connectivity index (χ3v) is 4.88. The summed E-state index contributed by atoms with van der Waals surface area (Å²) in [6.45, 7) is 3.74. The number of fused-ring (bicyclic) bond motifs is 1. The third-order valence-electron chi connectivity index (χ3n) is 4.88. The van der Waals surface area contributed by atoms with Crippen molar-refractivity contribution in [1.29, 1.82) is 0 Å². The highest BCUT2D eigenvalue weighted by Crippen LogP contribution is 2.30. The van der Waals surface area contributed by atoms with Gasteiger partial charge in [-0.15, -0.1) is 10.2 Å². The molecule has 0 aliphatic carbocycles. The quantitative estimate of drug-likeness (QED) is 0.580. The Kier molecular flexibility index (Phi) is 3.94. The lowest BCUT2D eigenvalue weighted by Gasteiger charge is -2.19. The molecule has 0 atom stereocenters. The lowest BCUT2D eigenvalue weighted by Crippen LogP contribution is -2.24. The largest absolute Gasteiger partial charge is 0.334 e. The first-order valence-corrected chi connectivity index (χ1v) is 9.06. The average Bonchev–Trinajstić information content (AvgIpc) is 3.37.